The molecule has 0 unspecified atom stereocenters. The average Bonchev–Trinajstić information content (AvgIpc) is 2.55. The number of hydrogen-bond donors (Lipinski definition) is 1. The van der Waals surface area contributed by atoms with Gasteiger partial charge in [0.1, 0.15) is 6.54 Å². The molecule has 8 heteroatoms. The van der Waals surface area contributed by atoms with E-state index in [4.69, 9.17) is 23.2 Å². The van der Waals surface area contributed by atoms with Crippen molar-refractivity contribution in [2.75, 3.05) is 22.4 Å². The van der Waals surface area contributed by atoms with Gasteiger partial charge < -0.3 is 5.32 Å². The molecule has 0 aromatic heterocycles. The topological polar surface area (TPSA) is 66.5 Å². The van der Waals surface area contributed by atoms with Gasteiger partial charge in [-0.1, -0.05) is 49.2 Å². The molecule has 0 radical (unpaired) electrons. The summed E-state index contributed by atoms with van der Waals surface area (Å²) in [5.74, 6) is -0.198. The van der Waals surface area contributed by atoms with Gasteiger partial charge in [-0.15, -0.1) is 0 Å². The van der Waals surface area contributed by atoms with Crippen LogP contribution in [0.4, 0.5) is 11.4 Å². The fraction of sp³-hybridized carbons (Fsp3) is 0.278. The van der Waals surface area contributed by atoms with Crippen LogP contribution >= 0.6 is 23.2 Å². The highest BCUT2D eigenvalue weighted by Crippen LogP contribution is 2.26. The monoisotopic (exact) mass is 414 g/mol. The van der Waals surface area contributed by atoms with Crippen molar-refractivity contribution in [3.63, 3.8) is 0 Å². The Balaban J connectivity index is 2.23. The van der Waals surface area contributed by atoms with Gasteiger partial charge in [-0.3, -0.25) is 9.10 Å². The van der Waals surface area contributed by atoms with Gasteiger partial charge in [0.05, 0.1) is 22.7 Å². The average molecular weight is 415 g/mol. The number of sulfonamides is 1. The van der Waals surface area contributed by atoms with Crippen LogP contribution in [0.5, 0.6) is 0 Å². The quantitative estimate of drug-likeness (QED) is 0.754. The minimum Gasteiger partial charge on any atom is -0.323 e. The van der Waals surface area contributed by atoms with Crippen LogP contribution in [0.25, 0.3) is 0 Å². The zero-order valence-corrected chi connectivity index (χ0v) is 17.0. The summed E-state index contributed by atoms with van der Waals surface area (Å²) in [6.07, 6.45) is 1.06. The lowest BCUT2D eigenvalue weighted by Gasteiger charge is -2.22. The zero-order chi connectivity index (χ0) is 19.5. The standard InChI is InChI=1S/C18H20Cl2N2O3S/c1-12(2)13-4-7-15(8-5-13)22(26(3,24)25)11-18(23)21-17-10-14(19)6-9-16(17)20/h4-10,12H,11H2,1-3H3,(H,21,23). The van der Waals surface area contributed by atoms with Crippen molar-refractivity contribution >= 4 is 50.5 Å². The van der Waals surface area contributed by atoms with E-state index in [1.54, 1.807) is 24.3 Å². The number of amides is 1. The Morgan fingerprint density at radius 3 is 2.27 bits per heavy atom. The molecule has 0 saturated heterocycles. The van der Waals surface area contributed by atoms with E-state index < -0.39 is 15.9 Å². The van der Waals surface area contributed by atoms with Crippen molar-refractivity contribution in [2.24, 2.45) is 0 Å². The van der Waals surface area contributed by atoms with Gasteiger partial charge in [0, 0.05) is 5.02 Å². The number of carbonyl (C=O) groups excluding carboxylic acids is 1. The van der Waals surface area contributed by atoms with Crippen LogP contribution in [0, 0.1) is 0 Å². The number of benzene rings is 2. The Labute approximate surface area is 164 Å². The molecule has 0 heterocycles. The maximum Gasteiger partial charge on any atom is 0.245 e. The van der Waals surface area contributed by atoms with E-state index in [-0.39, 0.29) is 6.54 Å². The number of nitrogens with zero attached hydrogens (tertiary/aromatic N) is 1. The molecule has 2 aromatic carbocycles. The van der Waals surface area contributed by atoms with Crippen molar-refractivity contribution in [1.29, 1.82) is 0 Å². The first kappa shape index (κ1) is 20.6. The highest BCUT2D eigenvalue weighted by atomic mass is 35.5. The SMILES string of the molecule is CC(C)c1ccc(N(CC(=O)Nc2cc(Cl)ccc2Cl)S(C)(=O)=O)cc1. The molecule has 0 spiro atoms. The van der Waals surface area contributed by atoms with Crippen LogP contribution in [0.3, 0.4) is 0 Å². The number of nitrogens with one attached hydrogen (secondary N) is 1. The molecule has 0 bridgehead atoms. The number of halogens is 2. The van der Waals surface area contributed by atoms with Crippen LogP contribution < -0.4 is 9.62 Å². The lowest BCUT2D eigenvalue weighted by Crippen LogP contribution is -2.37. The molecule has 0 aliphatic carbocycles. The zero-order valence-electron chi connectivity index (χ0n) is 14.7. The minimum absolute atomic E-state index is 0.315. The molecule has 1 amide bonds. The van der Waals surface area contributed by atoms with Gasteiger partial charge in [0.15, 0.2) is 0 Å². The second-order valence-electron chi connectivity index (χ2n) is 6.19. The van der Waals surface area contributed by atoms with E-state index in [9.17, 15) is 13.2 Å². The molecule has 140 valence electrons. The molecule has 26 heavy (non-hydrogen) atoms. The normalized spacial score (nSPS) is 11.5. The predicted octanol–water partition coefficient (Wildman–Crippen LogP) is 4.52. The molecule has 1 N–H and O–H groups in total. The number of carbonyl (C=O) groups is 1. The van der Waals surface area contributed by atoms with Gasteiger partial charge in [-0.2, -0.15) is 0 Å². The summed E-state index contributed by atoms with van der Waals surface area (Å²) in [5, 5.41) is 3.32. The Morgan fingerprint density at radius 1 is 1.12 bits per heavy atom. The maximum absolute atomic E-state index is 12.4. The van der Waals surface area contributed by atoms with Crippen molar-refractivity contribution in [3.05, 3.63) is 58.1 Å². The van der Waals surface area contributed by atoms with Crippen LogP contribution in [-0.2, 0) is 14.8 Å². The van der Waals surface area contributed by atoms with Crippen molar-refractivity contribution in [2.45, 2.75) is 19.8 Å². The first-order valence-corrected chi connectivity index (χ1v) is 10.5. The van der Waals surface area contributed by atoms with Gasteiger partial charge in [0.25, 0.3) is 0 Å². The van der Waals surface area contributed by atoms with Crippen molar-refractivity contribution in [3.8, 4) is 0 Å². The van der Waals surface area contributed by atoms with E-state index in [0.717, 1.165) is 16.1 Å². The lowest BCUT2D eigenvalue weighted by molar-refractivity contribution is -0.114. The third-order valence-electron chi connectivity index (χ3n) is 3.74. The third-order valence-corrected chi connectivity index (χ3v) is 5.44. The van der Waals surface area contributed by atoms with Crippen LogP contribution in [0.2, 0.25) is 10.0 Å². The number of anilines is 2. The summed E-state index contributed by atoms with van der Waals surface area (Å²) in [4.78, 5) is 12.4. The fourth-order valence-corrected chi connectivity index (χ4v) is 3.53. The molecule has 0 aliphatic rings. The largest absolute Gasteiger partial charge is 0.323 e. The smallest absolute Gasteiger partial charge is 0.245 e. The lowest BCUT2D eigenvalue weighted by atomic mass is 10.0. The predicted molar refractivity (Wildman–Crippen MR) is 108 cm³/mol. The molecule has 0 fully saturated rings. The summed E-state index contributed by atoms with van der Waals surface area (Å²) >= 11 is 11.9. The fourth-order valence-electron chi connectivity index (χ4n) is 2.34. The Hall–Kier alpha value is -1.76. The van der Waals surface area contributed by atoms with Gasteiger partial charge in [-0.05, 0) is 41.8 Å². The Morgan fingerprint density at radius 2 is 1.73 bits per heavy atom. The van der Waals surface area contributed by atoms with Gasteiger partial charge in [-0.25, -0.2) is 8.42 Å². The van der Waals surface area contributed by atoms with Crippen LogP contribution in [0.1, 0.15) is 25.3 Å². The summed E-state index contributed by atoms with van der Waals surface area (Å²) in [6.45, 7) is 3.72. The Bertz CT molecular complexity index is 897. The summed E-state index contributed by atoms with van der Waals surface area (Å²) in [5.41, 5.74) is 1.83. The first-order chi connectivity index (χ1) is 12.1. The van der Waals surface area contributed by atoms with Gasteiger partial charge in [0.2, 0.25) is 15.9 Å². The summed E-state index contributed by atoms with van der Waals surface area (Å²) in [6, 6.07) is 11.7. The summed E-state index contributed by atoms with van der Waals surface area (Å²) < 4.78 is 25.4. The molecular formula is C18H20Cl2N2O3S. The first-order valence-electron chi connectivity index (χ1n) is 7.90. The molecule has 0 aliphatic heterocycles. The van der Waals surface area contributed by atoms with E-state index in [2.05, 4.69) is 5.32 Å². The highest BCUT2D eigenvalue weighted by Gasteiger charge is 2.21. The maximum atomic E-state index is 12.4. The third kappa shape index (κ3) is 5.37. The summed E-state index contributed by atoms with van der Waals surface area (Å²) in [7, 11) is -3.64. The van der Waals surface area contributed by atoms with Crippen molar-refractivity contribution in [1.82, 2.24) is 0 Å². The van der Waals surface area contributed by atoms with Crippen LogP contribution in [-0.4, -0.2) is 27.1 Å². The van der Waals surface area contributed by atoms with E-state index in [1.807, 2.05) is 26.0 Å². The van der Waals surface area contributed by atoms with E-state index >= 15 is 0 Å². The molecule has 0 atom stereocenters. The number of hydrogen-bond acceptors (Lipinski definition) is 3. The molecule has 2 aromatic rings. The molecule has 0 saturated carbocycles. The minimum atomic E-state index is -3.64. The molecular weight excluding hydrogens is 395 g/mol. The van der Waals surface area contributed by atoms with Crippen molar-refractivity contribution < 1.29 is 13.2 Å². The van der Waals surface area contributed by atoms with E-state index in [0.29, 0.717) is 27.3 Å². The van der Waals surface area contributed by atoms with E-state index in [1.165, 1.54) is 6.07 Å². The van der Waals surface area contributed by atoms with Crippen LogP contribution in [0.15, 0.2) is 42.5 Å². The van der Waals surface area contributed by atoms with Gasteiger partial charge >= 0.3 is 0 Å². The second kappa shape index (κ2) is 8.29. The Kier molecular flexibility index (Phi) is 6.55. The number of rotatable bonds is 6. The molecule has 5 nitrogen and oxygen atoms in total. The highest BCUT2D eigenvalue weighted by molar-refractivity contribution is 7.92. The second-order valence-corrected chi connectivity index (χ2v) is 8.94. The molecule has 2 rings (SSSR count).